The second kappa shape index (κ2) is 5.62. The maximum absolute atomic E-state index is 14.1. The van der Waals surface area contributed by atoms with E-state index in [-0.39, 0.29) is 24.2 Å². The van der Waals surface area contributed by atoms with E-state index >= 15 is 0 Å². The van der Waals surface area contributed by atoms with Gasteiger partial charge in [0.2, 0.25) is 0 Å². The first-order chi connectivity index (χ1) is 10.1. The molecule has 21 heavy (non-hydrogen) atoms. The number of anilines is 1. The first kappa shape index (κ1) is 14.3. The second-order valence-electron chi connectivity index (χ2n) is 5.13. The van der Waals surface area contributed by atoms with Crippen LogP contribution in [0.5, 0.6) is 0 Å². The molecule has 1 aliphatic rings. The minimum absolute atomic E-state index is 0.229. The lowest BCUT2D eigenvalue weighted by Crippen LogP contribution is -2.33. The van der Waals surface area contributed by atoms with Crippen LogP contribution in [0.15, 0.2) is 36.4 Å². The van der Waals surface area contributed by atoms with Gasteiger partial charge in [-0.25, -0.2) is 8.78 Å². The third-order valence-electron chi connectivity index (χ3n) is 3.90. The third-order valence-corrected chi connectivity index (χ3v) is 4.13. The van der Waals surface area contributed by atoms with Gasteiger partial charge in [-0.2, -0.15) is 0 Å². The van der Waals surface area contributed by atoms with Crippen LogP contribution in [0.3, 0.4) is 0 Å². The smallest absolute Gasteiger partial charge is 0.128 e. The van der Waals surface area contributed by atoms with Crippen LogP contribution in [0.25, 0.3) is 0 Å². The van der Waals surface area contributed by atoms with Crippen LogP contribution in [-0.4, -0.2) is 13.1 Å². The lowest BCUT2D eigenvalue weighted by Gasteiger charge is -2.30. The Morgan fingerprint density at radius 3 is 2.76 bits per heavy atom. The minimum Gasteiger partial charge on any atom is -0.362 e. The highest BCUT2D eigenvalue weighted by Crippen LogP contribution is 2.36. The Bertz CT molecular complexity index is 675. The average Bonchev–Trinajstić information content (AvgIpc) is 2.87. The topological polar surface area (TPSA) is 29.3 Å². The van der Waals surface area contributed by atoms with Crippen molar-refractivity contribution in [1.82, 2.24) is 0 Å². The Balaban J connectivity index is 2.03. The molecule has 0 spiro atoms. The molecule has 1 unspecified atom stereocenters. The molecular weight excluding hydrogens is 294 g/mol. The van der Waals surface area contributed by atoms with Crippen LogP contribution < -0.4 is 10.6 Å². The summed E-state index contributed by atoms with van der Waals surface area (Å²) in [7, 11) is 0. The van der Waals surface area contributed by atoms with E-state index in [2.05, 4.69) is 0 Å². The highest BCUT2D eigenvalue weighted by atomic mass is 35.5. The van der Waals surface area contributed by atoms with Crippen molar-refractivity contribution < 1.29 is 8.78 Å². The molecule has 1 atom stereocenters. The van der Waals surface area contributed by atoms with E-state index in [0.717, 1.165) is 17.7 Å². The molecule has 0 aromatic heterocycles. The summed E-state index contributed by atoms with van der Waals surface area (Å²) < 4.78 is 27.6. The monoisotopic (exact) mass is 308 g/mol. The lowest BCUT2D eigenvalue weighted by atomic mass is 10.0. The number of halogens is 3. The summed E-state index contributed by atoms with van der Waals surface area (Å²) in [5.74, 6) is -0.650. The third kappa shape index (κ3) is 2.61. The molecule has 2 aromatic carbocycles. The van der Waals surface area contributed by atoms with Crippen molar-refractivity contribution in [1.29, 1.82) is 0 Å². The van der Waals surface area contributed by atoms with Crippen LogP contribution in [-0.2, 0) is 6.42 Å². The average molecular weight is 309 g/mol. The van der Waals surface area contributed by atoms with Crippen molar-refractivity contribution in [3.05, 3.63) is 64.2 Å². The number of rotatable bonds is 3. The molecular formula is C16H15ClF2N2. The van der Waals surface area contributed by atoms with Gasteiger partial charge in [-0.1, -0.05) is 17.7 Å². The Morgan fingerprint density at radius 1 is 1.19 bits per heavy atom. The molecule has 2 N–H and O–H groups in total. The highest BCUT2D eigenvalue weighted by Gasteiger charge is 2.28. The first-order valence-corrected chi connectivity index (χ1v) is 7.18. The fourth-order valence-corrected chi connectivity index (χ4v) is 3.07. The number of nitrogens with zero attached hydrogens (tertiary/aromatic N) is 1. The number of benzene rings is 2. The van der Waals surface area contributed by atoms with Crippen LogP contribution in [0.4, 0.5) is 14.5 Å². The molecule has 0 saturated heterocycles. The zero-order valence-electron chi connectivity index (χ0n) is 11.3. The SMILES string of the molecule is NCC(c1cc(Cl)ccc1F)N1CCc2ccc(F)cc21. The molecule has 0 radical (unpaired) electrons. The van der Waals surface area contributed by atoms with E-state index < -0.39 is 0 Å². The number of fused-ring (bicyclic) bond motifs is 1. The van der Waals surface area contributed by atoms with Crippen molar-refractivity contribution in [3.63, 3.8) is 0 Å². The van der Waals surface area contributed by atoms with Crippen LogP contribution in [0, 0.1) is 11.6 Å². The van der Waals surface area contributed by atoms with E-state index in [1.807, 2.05) is 4.90 Å². The first-order valence-electron chi connectivity index (χ1n) is 6.80. The van der Waals surface area contributed by atoms with Crippen molar-refractivity contribution in [2.45, 2.75) is 12.5 Å². The molecule has 5 heteroatoms. The predicted octanol–water partition coefficient (Wildman–Crippen LogP) is 3.68. The normalized spacial score (nSPS) is 15.1. The van der Waals surface area contributed by atoms with Gasteiger partial charge in [0.25, 0.3) is 0 Å². The highest BCUT2D eigenvalue weighted by molar-refractivity contribution is 6.30. The minimum atomic E-state index is -0.355. The van der Waals surface area contributed by atoms with Crippen LogP contribution in [0.1, 0.15) is 17.2 Å². The van der Waals surface area contributed by atoms with Crippen molar-refractivity contribution in [2.24, 2.45) is 5.73 Å². The van der Waals surface area contributed by atoms with Crippen molar-refractivity contribution in [2.75, 3.05) is 18.0 Å². The van der Waals surface area contributed by atoms with Gasteiger partial charge in [-0.3, -0.25) is 0 Å². The second-order valence-corrected chi connectivity index (χ2v) is 5.57. The van der Waals surface area contributed by atoms with Gasteiger partial charge in [0.1, 0.15) is 11.6 Å². The van der Waals surface area contributed by atoms with E-state index in [4.69, 9.17) is 17.3 Å². The molecule has 0 amide bonds. The summed E-state index contributed by atoms with van der Waals surface area (Å²) in [4.78, 5) is 1.95. The predicted molar refractivity (Wildman–Crippen MR) is 80.7 cm³/mol. The molecule has 2 nitrogen and oxygen atoms in total. The molecule has 0 saturated carbocycles. The van der Waals surface area contributed by atoms with Crippen molar-refractivity contribution in [3.8, 4) is 0 Å². The molecule has 110 valence electrons. The summed E-state index contributed by atoms with van der Waals surface area (Å²) in [6.45, 7) is 0.916. The zero-order chi connectivity index (χ0) is 15.0. The molecule has 1 heterocycles. The summed E-state index contributed by atoms with van der Waals surface area (Å²) in [6, 6.07) is 8.77. The summed E-state index contributed by atoms with van der Waals surface area (Å²) in [6.07, 6.45) is 0.800. The fraction of sp³-hybridized carbons (Fsp3) is 0.250. The van der Waals surface area contributed by atoms with Crippen molar-refractivity contribution >= 4 is 17.3 Å². The number of nitrogens with two attached hydrogens (primary N) is 1. The van der Waals surface area contributed by atoms with Gasteiger partial charge in [-0.15, -0.1) is 0 Å². The molecule has 3 rings (SSSR count). The molecule has 1 aliphatic heterocycles. The van der Waals surface area contributed by atoms with Gasteiger partial charge in [0.05, 0.1) is 6.04 Å². The van der Waals surface area contributed by atoms with E-state index in [1.54, 1.807) is 12.1 Å². The Labute approximate surface area is 127 Å². The largest absolute Gasteiger partial charge is 0.362 e. The van der Waals surface area contributed by atoms with Gasteiger partial charge in [0.15, 0.2) is 0 Å². The Morgan fingerprint density at radius 2 is 2.00 bits per heavy atom. The molecule has 0 bridgehead atoms. The van der Waals surface area contributed by atoms with E-state index in [9.17, 15) is 8.78 Å². The molecule has 2 aromatic rings. The maximum Gasteiger partial charge on any atom is 0.128 e. The number of hydrogen-bond donors (Lipinski definition) is 1. The maximum atomic E-state index is 14.1. The zero-order valence-corrected chi connectivity index (χ0v) is 12.1. The van der Waals surface area contributed by atoms with Gasteiger partial charge >= 0.3 is 0 Å². The van der Waals surface area contributed by atoms with E-state index in [0.29, 0.717) is 17.1 Å². The van der Waals surface area contributed by atoms with Crippen LogP contribution in [0.2, 0.25) is 5.02 Å². The Kier molecular flexibility index (Phi) is 3.83. The number of hydrogen-bond acceptors (Lipinski definition) is 2. The molecule has 0 aliphatic carbocycles. The summed E-state index contributed by atoms with van der Waals surface area (Å²) >= 11 is 5.96. The standard InChI is InChI=1S/C16H15ClF2N2/c17-11-2-4-14(19)13(7-11)16(9-20)21-6-5-10-1-3-12(18)8-15(10)21/h1-4,7-8,16H,5-6,9,20H2. The quantitative estimate of drug-likeness (QED) is 0.937. The van der Waals surface area contributed by atoms with Crippen LogP contribution >= 0.6 is 11.6 Å². The van der Waals surface area contributed by atoms with Gasteiger partial charge in [-0.05, 0) is 42.3 Å². The van der Waals surface area contributed by atoms with Gasteiger partial charge in [0, 0.05) is 29.4 Å². The fourth-order valence-electron chi connectivity index (χ4n) is 2.89. The summed E-state index contributed by atoms with van der Waals surface area (Å²) in [5.41, 5.74) is 8.14. The lowest BCUT2D eigenvalue weighted by molar-refractivity contribution is 0.563. The molecule has 0 fully saturated rings. The summed E-state index contributed by atoms with van der Waals surface area (Å²) in [5, 5.41) is 0.462. The van der Waals surface area contributed by atoms with Gasteiger partial charge < -0.3 is 10.6 Å². The van der Waals surface area contributed by atoms with E-state index in [1.165, 1.54) is 24.3 Å². The Hall–Kier alpha value is -1.65.